The Kier molecular flexibility index (Phi) is 5.91. The van der Waals surface area contributed by atoms with Crippen LogP contribution in [0.4, 0.5) is 0 Å². The molecule has 0 aliphatic heterocycles. The van der Waals surface area contributed by atoms with Crippen molar-refractivity contribution in [1.29, 1.82) is 0 Å². The lowest BCUT2D eigenvalue weighted by Gasteiger charge is -2.36. The first-order valence-electron chi connectivity index (χ1n) is 9.60. The summed E-state index contributed by atoms with van der Waals surface area (Å²) in [6, 6.07) is 19.1. The molecule has 0 spiro atoms. The minimum atomic E-state index is -0.321. The van der Waals surface area contributed by atoms with Crippen LogP contribution in [0, 0.1) is 6.92 Å². The molecule has 132 valence electrons. The summed E-state index contributed by atoms with van der Waals surface area (Å²) in [5.41, 5.74) is 3.46. The first kappa shape index (κ1) is 17.7. The van der Waals surface area contributed by atoms with Gasteiger partial charge in [0, 0.05) is 6.54 Å². The summed E-state index contributed by atoms with van der Waals surface area (Å²) in [6.07, 6.45) is 7.48. The summed E-state index contributed by atoms with van der Waals surface area (Å²) in [5.74, 6) is 0.226. The number of carbonyl (C=O) groups is 1. The number of carbonyl (C=O) groups excluding carboxylic acids is 1. The van der Waals surface area contributed by atoms with Crippen molar-refractivity contribution in [2.45, 2.75) is 57.3 Å². The molecular weight excluding hydrogens is 306 g/mol. The van der Waals surface area contributed by atoms with Crippen LogP contribution < -0.4 is 5.32 Å². The Morgan fingerprint density at radius 3 is 2.32 bits per heavy atom. The SMILES string of the molecule is Cc1ccc(C2(C(=O)NCCCc3ccccc3)CCCCC2)cc1. The summed E-state index contributed by atoms with van der Waals surface area (Å²) in [7, 11) is 0. The summed E-state index contributed by atoms with van der Waals surface area (Å²) in [5, 5.41) is 3.24. The molecule has 1 N–H and O–H groups in total. The van der Waals surface area contributed by atoms with Gasteiger partial charge in [0.25, 0.3) is 0 Å². The number of aryl methyl sites for hydroxylation is 2. The van der Waals surface area contributed by atoms with E-state index in [2.05, 4.69) is 60.8 Å². The first-order valence-corrected chi connectivity index (χ1v) is 9.60. The Hall–Kier alpha value is -2.09. The van der Waals surface area contributed by atoms with Crippen LogP contribution in [0.25, 0.3) is 0 Å². The first-order chi connectivity index (χ1) is 12.2. The van der Waals surface area contributed by atoms with Crippen LogP contribution in [0.5, 0.6) is 0 Å². The van der Waals surface area contributed by atoms with Gasteiger partial charge < -0.3 is 5.32 Å². The molecule has 1 aliphatic carbocycles. The second-order valence-corrected chi connectivity index (χ2v) is 7.35. The maximum atomic E-state index is 13.1. The third-order valence-electron chi connectivity index (χ3n) is 5.52. The fourth-order valence-corrected chi connectivity index (χ4v) is 3.98. The minimum Gasteiger partial charge on any atom is -0.355 e. The summed E-state index contributed by atoms with van der Waals surface area (Å²) < 4.78 is 0. The zero-order valence-corrected chi connectivity index (χ0v) is 15.3. The minimum absolute atomic E-state index is 0.226. The van der Waals surface area contributed by atoms with Crippen LogP contribution in [0.2, 0.25) is 0 Å². The molecule has 1 saturated carbocycles. The highest BCUT2D eigenvalue weighted by atomic mass is 16.2. The molecule has 25 heavy (non-hydrogen) atoms. The summed E-state index contributed by atoms with van der Waals surface area (Å²) >= 11 is 0. The quantitative estimate of drug-likeness (QED) is 0.744. The molecule has 0 radical (unpaired) electrons. The summed E-state index contributed by atoms with van der Waals surface area (Å²) in [6.45, 7) is 2.85. The molecule has 2 aromatic carbocycles. The molecule has 0 atom stereocenters. The van der Waals surface area contributed by atoms with Crippen LogP contribution in [0.1, 0.15) is 55.2 Å². The van der Waals surface area contributed by atoms with Crippen molar-refractivity contribution < 1.29 is 4.79 Å². The number of benzene rings is 2. The molecule has 2 heteroatoms. The highest BCUT2D eigenvalue weighted by Crippen LogP contribution is 2.39. The van der Waals surface area contributed by atoms with Gasteiger partial charge >= 0.3 is 0 Å². The van der Waals surface area contributed by atoms with E-state index in [4.69, 9.17) is 0 Å². The lowest BCUT2D eigenvalue weighted by atomic mass is 9.68. The van der Waals surface area contributed by atoms with E-state index in [-0.39, 0.29) is 11.3 Å². The Balaban J connectivity index is 1.62. The zero-order chi connectivity index (χ0) is 17.5. The average Bonchev–Trinajstić information content (AvgIpc) is 2.67. The van der Waals surface area contributed by atoms with Crippen LogP contribution in [-0.2, 0) is 16.6 Å². The molecule has 3 rings (SSSR count). The van der Waals surface area contributed by atoms with Gasteiger partial charge in [0.2, 0.25) is 5.91 Å². The van der Waals surface area contributed by atoms with Crippen LogP contribution in [0.3, 0.4) is 0 Å². The van der Waals surface area contributed by atoms with Crippen LogP contribution in [-0.4, -0.2) is 12.5 Å². The van der Waals surface area contributed by atoms with Gasteiger partial charge in [-0.15, -0.1) is 0 Å². The van der Waals surface area contributed by atoms with Crippen molar-refractivity contribution in [3.63, 3.8) is 0 Å². The van der Waals surface area contributed by atoms with Gasteiger partial charge in [0.1, 0.15) is 0 Å². The Bertz CT molecular complexity index is 669. The van der Waals surface area contributed by atoms with Gasteiger partial charge in [-0.2, -0.15) is 0 Å². The van der Waals surface area contributed by atoms with E-state index >= 15 is 0 Å². The van der Waals surface area contributed by atoms with E-state index in [0.29, 0.717) is 0 Å². The van der Waals surface area contributed by atoms with Crippen LogP contribution in [0.15, 0.2) is 54.6 Å². The Morgan fingerprint density at radius 1 is 0.960 bits per heavy atom. The average molecular weight is 335 g/mol. The van der Waals surface area contributed by atoms with Crippen LogP contribution >= 0.6 is 0 Å². The highest BCUT2D eigenvalue weighted by Gasteiger charge is 2.40. The van der Waals surface area contributed by atoms with Crippen molar-refractivity contribution in [3.05, 3.63) is 71.3 Å². The molecule has 0 unspecified atom stereocenters. The van der Waals surface area contributed by atoms with E-state index in [1.165, 1.54) is 23.1 Å². The van der Waals surface area contributed by atoms with E-state index in [9.17, 15) is 4.79 Å². The van der Waals surface area contributed by atoms with E-state index in [0.717, 1.165) is 45.1 Å². The van der Waals surface area contributed by atoms with Crippen molar-refractivity contribution in [2.75, 3.05) is 6.54 Å². The molecule has 0 heterocycles. The molecule has 1 fully saturated rings. The third-order valence-corrected chi connectivity index (χ3v) is 5.52. The molecule has 0 aromatic heterocycles. The Morgan fingerprint density at radius 2 is 1.64 bits per heavy atom. The number of rotatable bonds is 6. The molecule has 1 amide bonds. The topological polar surface area (TPSA) is 29.1 Å². The fraction of sp³-hybridized carbons (Fsp3) is 0.435. The number of hydrogen-bond donors (Lipinski definition) is 1. The lowest BCUT2D eigenvalue weighted by molar-refractivity contribution is -0.128. The maximum Gasteiger partial charge on any atom is 0.230 e. The van der Waals surface area contributed by atoms with Crippen molar-refractivity contribution in [3.8, 4) is 0 Å². The number of nitrogens with one attached hydrogen (secondary N) is 1. The van der Waals surface area contributed by atoms with E-state index in [1.807, 2.05) is 6.07 Å². The second-order valence-electron chi connectivity index (χ2n) is 7.35. The monoisotopic (exact) mass is 335 g/mol. The number of amides is 1. The third kappa shape index (κ3) is 4.31. The number of hydrogen-bond acceptors (Lipinski definition) is 1. The van der Waals surface area contributed by atoms with Crippen molar-refractivity contribution >= 4 is 5.91 Å². The molecule has 0 saturated heterocycles. The highest BCUT2D eigenvalue weighted by molar-refractivity contribution is 5.88. The Labute approximate surface area is 151 Å². The maximum absolute atomic E-state index is 13.1. The van der Waals surface area contributed by atoms with Gasteiger partial charge in [-0.3, -0.25) is 4.79 Å². The van der Waals surface area contributed by atoms with Crippen molar-refractivity contribution in [1.82, 2.24) is 5.32 Å². The molecule has 0 bridgehead atoms. The van der Waals surface area contributed by atoms with Gasteiger partial charge in [-0.05, 0) is 43.7 Å². The summed E-state index contributed by atoms with van der Waals surface area (Å²) in [4.78, 5) is 13.1. The second kappa shape index (κ2) is 8.33. The van der Waals surface area contributed by atoms with Gasteiger partial charge in [-0.1, -0.05) is 79.4 Å². The normalized spacial score (nSPS) is 16.4. The lowest BCUT2D eigenvalue weighted by Crippen LogP contribution is -2.46. The molecule has 2 nitrogen and oxygen atoms in total. The van der Waals surface area contributed by atoms with E-state index in [1.54, 1.807) is 0 Å². The molecule has 2 aromatic rings. The van der Waals surface area contributed by atoms with Crippen molar-refractivity contribution in [2.24, 2.45) is 0 Å². The fourth-order valence-electron chi connectivity index (χ4n) is 3.98. The molecule has 1 aliphatic rings. The van der Waals surface area contributed by atoms with E-state index < -0.39 is 0 Å². The van der Waals surface area contributed by atoms with Gasteiger partial charge in [0.15, 0.2) is 0 Å². The standard InChI is InChI=1S/C23H29NO/c1-19-12-14-21(15-13-19)23(16-6-3-7-17-23)22(25)24-18-8-11-20-9-4-2-5-10-20/h2,4-5,9-10,12-15H,3,6-8,11,16-18H2,1H3,(H,24,25). The van der Waals surface area contributed by atoms with Gasteiger partial charge in [0.05, 0.1) is 5.41 Å². The largest absolute Gasteiger partial charge is 0.355 e. The zero-order valence-electron chi connectivity index (χ0n) is 15.3. The predicted molar refractivity (Wildman–Crippen MR) is 104 cm³/mol. The smallest absolute Gasteiger partial charge is 0.230 e. The molecular formula is C23H29NO. The van der Waals surface area contributed by atoms with Gasteiger partial charge in [-0.25, -0.2) is 0 Å². The predicted octanol–water partition coefficient (Wildman–Crippen LogP) is 4.95.